The Morgan fingerprint density at radius 1 is 1.27 bits per heavy atom. The quantitative estimate of drug-likeness (QED) is 0.694. The third-order valence-corrected chi connectivity index (χ3v) is 2.97. The highest BCUT2D eigenvalue weighted by Crippen LogP contribution is 2.05. The van der Waals surface area contributed by atoms with Gasteiger partial charge in [0.25, 0.3) is 5.56 Å². The first-order valence-electron chi connectivity index (χ1n) is 4.17. The van der Waals surface area contributed by atoms with E-state index in [4.69, 9.17) is 0 Å². The standard InChI is InChI=1S/C9H8N2O3S/c1-15(13,14)11-6-10-8-5-3-2-4-7(8)9(11)12/h2-6H,1H3. The smallest absolute Gasteiger partial charge is 0.267 e. The summed E-state index contributed by atoms with van der Waals surface area (Å²) in [5.41, 5.74) is -0.0782. The van der Waals surface area contributed by atoms with E-state index in [-0.39, 0.29) is 0 Å². The van der Waals surface area contributed by atoms with Crippen LogP contribution in [0.5, 0.6) is 0 Å². The molecular formula is C9H8N2O3S. The number of fused-ring (bicyclic) bond motifs is 1. The van der Waals surface area contributed by atoms with Gasteiger partial charge in [0.2, 0.25) is 10.0 Å². The molecule has 2 aromatic rings. The van der Waals surface area contributed by atoms with Gasteiger partial charge in [0.1, 0.15) is 6.33 Å². The highest BCUT2D eigenvalue weighted by atomic mass is 32.2. The summed E-state index contributed by atoms with van der Waals surface area (Å²) in [6, 6.07) is 6.60. The molecule has 0 spiro atoms. The Morgan fingerprint density at radius 3 is 2.60 bits per heavy atom. The van der Waals surface area contributed by atoms with E-state index in [0.29, 0.717) is 14.9 Å². The van der Waals surface area contributed by atoms with Gasteiger partial charge in [-0.2, -0.15) is 3.97 Å². The van der Waals surface area contributed by atoms with E-state index in [9.17, 15) is 13.2 Å². The van der Waals surface area contributed by atoms with Crippen molar-refractivity contribution in [3.63, 3.8) is 0 Å². The molecule has 1 aromatic carbocycles. The van der Waals surface area contributed by atoms with Gasteiger partial charge in [0.15, 0.2) is 0 Å². The van der Waals surface area contributed by atoms with Crippen molar-refractivity contribution in [1.29, 1.82) is 0 Å². The van der Waals surface area contributed by atoms with E-state index in [1.165, 1.54) is 0 Å². The van der Waals surface area contributed by atoms with Gasteiger partial charge in [-0.05, 0) is 12.1 Å². The summed E-state index contributed by atoms with van der Waals surface area (Å²) < 4.78 is 23.1. The fourth-order valence-electron chi connectivity index (χ4n) is 1.29. The SMILES string of the molecule is CS(=O)(=O)n1cnc2ccccc2c1=O. The van der Waals surface area contributed by atoms with Crippen molar-refractivity contribution in [3.8, 4) is 0 Å². The van der Waals surface area contributed by atoms with Crippen LogP contribution in [-0.4, -0.2) is 23.6 Å². The second kappa shape index (κ2) is 3.16. The van der Waals surface area contributed by atoms with E-state index >= 15 is 0 Å². The maximum atomic E-state index is 11.7. The van der Waals surface area contributed by atoms with Crippen molar-refractivity contribution in [3.05, 3.63) is 40.9 Å². The van der Waals surface area contributed by atoms with Gasteiger partial charge in [-0.25, -0.2) is 13.4 Å². The van der Waals surface area contributed by atoms with Gasteiger partial charge >= 0.3 is 0 Å². The molecule has 0 radical (unpaired) electrons. The minimum Gasteiger partial charge on any atom is -0.267 e. The summed E-state index contributed by atoms with van der Waals surface area (Å²) in [5.74, 6) is 0. The summed E-state index contributed by atoms with van der Waals surface area (Å²) in [7, 11) is -3.58. The predicted molar refractivity (Wildman–Crippen MR) is 56.2 cm³/mol. The van der Waals surface area contributed by atoms with E-state index in [0.717, 1.165) is 12.6 Å². The zero-order chi connectivity index (χ0) is 11.1. The Hall–Kier alpha value is -1.69. The minimum absolute atomic E-state index is 0.297. The van der Waals surface area contributed by atoms with Crippen molar-refractivity contribution in [2.75, 3.05) is 6.26 Å². The maximum Gasteiger partial charge on any atom is 0.274 e. The summed E-state index contributed by atoms with van der Waals surface area (Å²) in [4.78, 5) is 15.6. The molecule has 0 amide bonds. The molecule has 0 saturated carbocycles. The Labute approximate surface area is 86.0 Å². The molecule has 2 rings (SSSR count). The highest BCUT2D eigenvalue weighted by molar-refractivity contribution is 7.89. The molecule has 6 heteroatoms. The normalized spacial score (nSPS) is 11.8. The molecule has 0 aliphatic carbocycles. The topological polar surface area (TPSA) is 69.0 Å². The average molecular weight is 224 g/mol. The van der Waals surface area contributed by atoms with Crippen LogP contribution in [0.2, 0.25) is 0 Å². The number of para-hydroxylation sites is 1. The molecular weight excluding hydrogens is 216 g/mol. The van der Waals surface area contributed by atoms with Gasteiger partial charge < -0.3 is 0 Å². The van der Waals surface area contributed by atoms with Crippen molar-refractivity contribution in [1.82, 2.24) is 8.96 Å². The Kier molecular flexibility index (Phi) is 2.08. The molecule has 0 N–H and O–H groups in total. The fraction of sp³-hybridized carbons (Fsp3) is 0.111. The van der Waals surface area contributed by atoms with E-state index in [1.807, 2.05) is 0 Å². The first-order valence-corrected chi connectivity index (χ1v) is 6.02. The van der Waals surface area contributed by atoms with E-state index in [2.05, 4.69) is 4.98 Å². The van der Waals surface area contributed by atoms with Crippen molar-refractivity contribution >= 4 is 20.9 Å². The van der Waals surface area contributed by atoms with Crippen LogP contribution in [0.3, 0.4) is 0 Å². The molecule has 0 aliphatic heterocycles. The molecule has 1 heterocycles. The molecule has 0 saturated heterocycles. The molecule has 0 fully saturated rings. The lowest BCUT2D eigenvalue weighted by Crippen LogP contribution is -2.26. The second-order valence-electron chi connectivity index (χ2n) is 3.13. The first-order chi connectivity index (χ1) is 7.00. The average Bonchev–Trinajstić information content (AvgIpc) is 2.16. The molecule has 0 bridgehead atoms. The number of hydrogen-bond donors (Lipinski definition) is 0. The number of hydrogen-bond acceptors (Lipinski definition) is 4. The molecule has 1 aromatic heterocycles. The van der Waals surface area contributed by atoms with Crippen LogP contribution >= 0.6 is 0 Å². The fourth-order valence-corrected chi connectivity index (χ4v) is 1.91. The van der Waals surface area contributed by atoms with Crippen LogP contribution in [0.1, 0.15) is 0 Å². The molecule has 0 atom stereocenters. The van der Waals surface area contributed by atoms with Crippen molar-refractivity contribution < 1.29 is 8.42 Å². The maximum absolute atomic E-state index is 11.7. The van der Waals surface area contributed by atoms with Crippen LogP contribution < -0.4 is 5.56 Å². The van der Waals surface area contributed by atoms with Gasteiger partial charge in [0.05, 0.1) is 17.2 Å². The zero-order valence-electron chi connectivity index (χ0n) is 7.91. The lowest BCUT2D eigenvalue weighted by atomic mass is 10.2. The number of rotatable bonds is 1. The van der Waals surface area contributed by atoms with Gasteiger partial charge in [-0.1, -0.05) is 12.1 Å². The van der Waals surface area contributed by atoms with E-state index in [1.54, 1.807) is 24.3 Å². The molecule has 78 valence electrons. The number of aromatic nitrogens is 2. The largest absolute Gasteiger partial charge is 0.274 e. The van der Waals surface area contributed by atoms with E-state index < -0.39 is 15.6 Å². The Balaban J connectivity index is 2.95. The number of nitrogens with zero attached hydrogens (tertiary/aromatic N) is 2. The third-order valence-electron chi connectivity index (χ3n) is 1.99. The van der Waals surface area contributed by atoms with Crippen LogP contribution in [0.15, 0.2) is 35.4 Å². The van der Waals surface area contributed by atoms with Gasteiger partial charge in [-0.3, -0.25) is 4.79 Å². The minimum atomic E-state index is -3.58. The third kappa shape index (κ3) is 1.63. The Morgan fingerprint density at radius 2 is 1.93 bits per heavy atom. The lowest BCUT2D eigenvalue weighted by molar-refractivity contribution is 0.591. The Bertz CT molecular complexity index is 673. The zero-order valence-corrected chi connectivity index (χ0v) is 8.73. The first kappa shape index (κ1) is 9.85. The summed E-state index contributed by atoms with van der Waals surface area (Å²) in [5, 5.41) is 0.297. The summed E-state index contributed by atoms with van der Waals surface area (Å²) in [6.07, 6.45) is 1.99. The number of benzene rings is 1. The lowest BCUT2D eigenvalue weighted by Gasteiger charge is -2.02. The molecule has 0 unspecified atom stereocenters. The molecule has 5 nitrogen and oxygen atoms in total. The van der Waals surface area contributed by atoms with Crippen molar-refractivity contribution in [2.45, 2.75) is 0 Å². The molecule has 0 aliphatic rings. The van der Waals surface area contributed by atoms with Crippen LogP contribution in [0.4, 0.5) is 0 Å². The van der Waals surface area contributed by atoms with Crippen LogP contribution in [0, 0.1) is 0 Å². The van der Waals surface area contributed by atoms with Gasteiger partial charge in [-0.15, -0.1) is 0 Å². The summed E-state index contributed by atoms with van der Waals surface area (Å²) in [6.45, 7) is 0. The van der Waals surface area contributed by atoms with Crippen LogP contribution in [-0.2, 0) is 10.0 Å². The van der Waals surface area contributed by atoms with Crippen molar-refractivity contribution in [2.24, 2.45) is 0 Å². The monoisotopic (exact) mass is 224 g/mol. The summed E-state index contributed by atoms with van der Waals surface area (Å²) >= 11 is 0. The van der Waals surface area contributed by atoms with Crippen LogP contribution in [0.25, 0.3) is 10.9 Å². The molecule has 15 heavy (non-hydrogen) atoms. The van der Waals surface area contributed by atoms with Gasteiger partial charge in [0, 0.05) is 0 Å². The highest BCUT2D eigenvalue weighted by Gasteiger charge is 2.10. The second-order valence-corrected chi connectivity index (χ2v) is 4.99. The predicted octanol–water partition coefficient (Wildman–Crippen LogP) is 0.204.